The van der Waals surface area contributed by atoms with E-state index in [1.807, 2.05) is 0 Å². The highest BCUT2D eigenvalue weighted by Crippen LogP contribution is 2.21. The molecule has 3 nitrogen and oxygen atoms in total. The van der Waals surface area contributed by atoms with Crippen LogP contribution in [0.25, 0.3) is 0 Å². The zero-order valence-corrected chi connectivity index (χ0v) is 11.7. The van der Waals surface area contributed by atoms with Crippen LogP contribution in [0.5, 0.6) is 0 Å². The van der Waals surface area contributed by atoms with Gasteiger partial charge in [0.25, 0.3) is 0 Å². The van der Waals surface area contributed by atoms with Crippen LogP contribution >= 0.6 is 0 Å². The molecule has 1 fully saturated rings. The van der Waals surface area contributed by atoms with Gasteiger partial charge in [0.05, 0.1) is 0 Å². The molecule has 1 amide bonds. The summed E-state index contributed by atoms with van der Waals surface area (Å²) in [5, 5.41) is 3.13. The number of benzene rings is 1. The van der Waals surface area contributed by atoms with Crippen molar-refractivity contribution in [3.63, 3.8) is 0 Å². The lowest BCUT2D eigenvalue weighted by Gasteiger charge is -2.17. The summed E-state index contributed by atoms with van der Waals surface area (Å²) in [6.45, 7) is 2.58. The van der Waals surface area contributed by atoms with Gasteiger partial charge in [-0.25, -0.2) is 0 Å². The molecule has 19 heavy (non-hydrogen) atoms. The van der Waals surface area contributed by atoms with Crippen LogP contribution in [0.1, 0.15) is 49.1 Å². The number of carbonyl (C=O) groups excluding carboxylic acids is 1. The zero-order valence-electron chi connectivity index (χ0n) is 11.7. The third kappa shape index (κ3) is 4.06. The van der Waals surface area contributed by atoms with Crippen LogP contribution in [0.15, 0.2) is 24.3 Å². The molecule has 1 aromatic carbocycles. The van der Waals surface area contributed by atoms with Crippen molar-refractivity contribution in [3.8, 4) is 0 Å². The molecule has 0 heterocycles. The van der Waals surface area contributed by atoms with Gasteiger partial charge in [0.15, 0.2) is 0 Å². The highest BCUT2D eigenvalue weighted by Gasteiger charge is 2.20. The fourth-order valence-electron chi connectivity index (χ4n) is 2.76. The lowest BCUT2D eigenvalue weighted by atomic mass is 9.94. The van der Waals surface area contributed by atoms with E-state index in [9.17, 15) is 4.79 Å². The summed E-state index contributed by atoms with van der Waals surface area (Å²) < 4.78 is 0. The minimum absolute atomic E-state index is 0.127. The first-order valence-electron chi connectivity index (χ1n) is 7.25. The summed E-state index contributed by atoms with van der Waals surface area (Å²) in [4.78, 5) is 12.0. The van der Waals surface area contributed by atoms with E-state index in [2.05, 4.69) is 36.5 Å². The largest absolute Gasteiger partial charge is 0.353 e. The van der Waals surface area contributed by atoms with E-state index in [-0.39, 0.29) is 11.8 Å². The topological polar surface area (TPSA) is 55.1 Å². The lowest BCUT2D eigenvalue weighted by molar-refractivity contribution is -0.122. The summed E-state index contributed by atoms with van der Waals surface area (Å²) in [6, 6.07) is 8.70. The number of aryl methyl sites for hydroxylation is 1. The molecule has 0 spiro atoms. The Hall–Kier alpha value is -1.35. The van der Waals surface area contributed by atoms with Crippen molar-refractivity contribution >= 4 is 5.91 Å². The van der Waals surface area contributed by atoms with Gasteiger partial charge in [0.2, 0.25) is 5.91 Å². The third-order valence-corrected chi connectivity index (χ3v) is 3.99. The van der Waals surface area contributed by atoms with Crippen molar-refractivity contribution in [1.82, 2.24) is 5.32 Å². The maximum atomic E-state index is 12.0. The molecule has 1 aliphatic carbocycles. The molecule has 0 radical (unpaired) electrons. The molecule has 0 aliphatic heterocycles. The van der Waals surface area contributed by atoms with E-state index < -0.39 is 0 Å². The predicted molar refractivity (Wildman–Crippen MR) is 78.0 cm³/mol. The van der Waals surface area contributed by atoms with Gasteiger partial charge in [0.1, 0.15) is 0 Å². The standard InChI is InChI=1S/C16H24N2O/c1-12-6-8-13(9-7-12)14(11-17)10-16(19)18-15-4-2-3-5-15/h6-9,14-15H,2-5,10-11,17H2,1H3,(H,18,19). The second kappa shape index (κ2) is 6.71. The number of nitrogens with one attached hydrogen (secondary N) is 1. The maximum Gasteiger partial charge on any atom is 0.220 e. The average Bonchev–Trinajstić information content (AvgIpc) is 2.90. The Kier molecular flexibility index (Phi) is 4.97. The van der Waals surface area contributed by atoms with Crippen molar-refractivity contribution in [1.29, 1.82) is 0 Å². The number of hydrogen-bond acceptors (Lipinski definition) is 2. The SMILES string of the molecule is Cc1ccc(C(CN)CC(=O)NC2CCCC2)cc1. The summed E-state index contributed by atoms with van der Waals surface area (Å²) >= 11 is 0. The van der Waals surface area contributed by atoms with Gasteiger partial charge in [0, 0.05) is 18.4 Å². The van der Waals surface area contributed by atoms with Crippen LogP contribution in [0.3, 0.4) is 0 Å². The van der Waals surface area contributed by atoms with E-state index in [4.69, 9.17) is 5.73 Å². The molecule has 0 saturated heterocycles. The summed E-state index contributed by atoms with van der Waals surface area (Å²) in [7, 11) is 0. The summed E-state index contributed by atoms with van der Waals surface area (Å²) in [5.74, 6) is 0.268. The smallest absolute Gasteiger partial charge is 0.220 e. The van der Waals surface area contributed by atoms with Gasteiger partial charge in [-0.05, 0) is 31.9 Å². The fourth-order valence-corrected chi connectivity index (χ4v) is 2.76. The van der Waals surface area contributed by atoms with E-state index in [0.717, 1.165) is 18.4 Å². The van der Waals surface area contributed by atoms with Crippen LogP contribution in [0.4, 0.5) is 0 Å². The number of rotatable bonds is 5. The van der Waals surface area contributed by atoms with Crippen molar-refractivity contribution in [2.75, 3.05) is 6.54 Å². The van der Waals surface area contributed by atoms with Crippen LogP contribution in [-0.4, -0.2) is 18.5 Å². The molecule has 2 rings (SSSR count). The second-order valence-corrected chi connectivity index (χ2v) is 5.60. The van der Waals surface area contributed by atoms with E-state index in [1.54, 1.807) is 0 Å². The fraction of sp³-hybridized carbons (Fsp3) is 0.562. The molecule has 3 N–H and O–H groups in total. The van der Waals surface area contributed by atoms with Crippen LogP contribution < -0.4 is 11.1 Å². The first kappa shape index (κ1) is 14.1. The summed E-state index contributed by atoms with van der Waals surface area (Å²) in [5.41, 5.74) is 8.21. The van der Waals surface area contributed by atoms with Gasteiger partial charge >= 0.3 is 0 Å². The number of hydrogen-bond donors (Lipinski definition) is 2. The Morgan fingerprint density at radius 2 is 1.95 bits per heavy atom. The first-order chi connectivity index (χ1) is 9.19. The molecule has 104 valence electrons. The molecule has 0 aromatic heterocycles. The molecule has 1 atom stereocenters. The predicted octanol–water partition coefficient (Wildman–Crippen LogP) is 2.49. The van der Waals surface area contributed by atoms with Crippen LogP contribution in [0.2, 0.25) is 0 Å². The monoisotopic (exact) mass is 260 g/mol. The zero-order chi connectivity index (χ0) is 13.7. The Morgan fingerprint density at radius 3 is 2.53 bits per heavy atom. The number of nitrogens with two attached hydrogens (primary N) is 1. The number of amides is 1. The van der Waals surface area contributed by atoms with Gasteiger partial charge in [-0.2, -0.15) is 0 Å². The van der Waals surface area contributed by atoms with Crippen molar-refractivity contribution in [3.05, 3.63) is 35.4 Å². The molecule has 1 aliphatic rings. The highest BCUT2D eigenvalue weighted by atomic mass is 16.1. The van der Waals surface area contributed by atoms with E-state index >= 15 is 0 Å². The van der Waals surface area contributed by atoms with Crippen molar-refractivity contribution in [2.24, 2.45) is 5.73 Å². The van der Waals surface area contributed by atoms with Crippen LogP contribution in [0, 0.1) is 6.92 Å². The van der Waals surface area contributed by atoms with Gasteiger partial charge in [-0.15, -0.1) is 0 Å². The minimum Gasteiger partial charge on any atom is -0.353 e. The molecule has 1 saturated carbocycles. The molecule has 0 bridgehead atoms. The highest BCUT2D eigenvalue weighted by molar-refractivity contribution is 5.77. The second-order valence-electron chi connectivity index (χ2n) is 5.60. The normalized spacial score (nSPS) is 17.4. The minimum atomic E-state index is 0.127. The molecular weight excluding hydrogens is 236 g/mol. The maximum absolute atomic E-state index is 12.0. The van der Waals surface area contributed by atoms with Gasteiger partial charge < -0.3 is 11.1 Å². The average molecular weight is 260 g/mol. The van der Waals surface area contributed by atoms with Gasteiger partial charge in [-0.3, -0.25) is 4.79 Å². The van der Waals surface area contributed by atoms with Crippen molar-refractivity contribution in [2.45, 2.75) is 51.0 Å². The Balaban J connectivity index is 1.90. The van der Waals surface area contributed by atoms with Gasteiger partial charge in [-0.1, -0.05) is 42.7 Å². The molecule has 3 heteroatoms. The van der Waals surface area contributed by atoms with E-state index in [1.165, 1.54) is 18.4 Å². The van der Waals surface area contributed by atoms with E-state index in [0.29, 0.717) is 19.0 Å². The quantitative estimate of drug-likeness (QED) is 0.854. The third-order valence-electron chi connectivity index (χ3n) is 3.99. The summed E-state index contributed by atoms with van der Waals surface area (Å²) in [6.07, 6.45) is 5.23. The Bertz CT molecular complexity index is 407. The first-order valence-corrected chi connectivity index (χ1v) is 7.25. The lowest BCUT2D eigenvalue weighted by Crippen LogP contribution is -2.34. The van der Waals surface area contributed by atoms with Crippen molar-refractivity contribution < 1.29 is 4.79 Å². The Labute approximate surface area is 115 Å². The van der Waals surface area contributed by atoms with Crippen LogP contribution in [-0.2, 0) is 4.79 Å². The number of carbonyl (C=O) groups is 1. The molecule has 1 unspecified atom stereocenters. The molecule has 1 aromatic rings. The Morgan fingerprint density at radius 1 is 1.32 bits per heavy atom. The molecular formula is C16H24N2O.